The highest BCUT2D eigenvalue weighted by Crippen LogP contribution is 2.13. The lowest BCUT2D eigenvalue weighted by Crippen LogP contribution is -2.46. The topological polar surface area (TPSA) is 111 Å². The SMILES string of the molecule is CCNC(=O)[C@@H](C)NC(=O)COC(=O)c1ccc(C)c(N)c1. The summed E-state index contributed by atoms with van der Waals surface area (Å²) in [6.07, 6.45) is 0. The van der Waals surface area contributed by atoms with Crippen molar-refractivity contribution in [3.8, 4) is 0 Å². The third kappa shape index (κ3) is 5.08. The monoisotopic (exact) mass is 307 g/mol. The molecule has 7 heteroatoms. The molecule has 4 N–H and O–H groups in total. The van der Waals surface area contributed by atoms with E-state index in [1.54, 1.807) is 26.0 Å². The van der Waals surface area contributed by atoms with Gasteiger partial charge in [-0.2, -0.15) is 0 Å². The summed E-state index contributed by atoms with van der Waals surface area (Å²) < 4.78 is 4.89. The second kappa shape index (κ2) is 8.02. The second-order valence-electron chi connectivity index (χ2n) is 4.83. The van der Waals surface area contributed by atoms with Crippen LogP contribution in [0.15, 0.2) is 18.2 Å². The molecule has 1 rings (SSSR count). The van der Waals surface area contributed by atoms with Crippen LogP contribution in [0.25, 0.3) is 0 Å². The third-order valence-corrected chi connectivity index (χ3v) is 2.97. The first-order chi connectivity index (χ1) is 10.3. The molecule has 7 nitrogen and oxygen atoms in total. The van der Waals surface area contributed by atoms with Gasteiger partial charge in [0.05, 0.1) is 5.56 Å². The zero-order valence-corrected chi connectivity index (χ0v) is 12.9. The minimum Gasteiger partial charge on any atom is -0.452 e. The molecule has 0 saturated heterocycles. The number of carbonyl (C=O) groups excluding carboxylic acids is 3. The highest BCUT2D eigenvalue weighted by molar-refractivity contribution is 5.93. The molecule has 0 aliphatic carbocycles. The largest absolute Gasteiger partial charge is 0.452 e. The Morgan fingerprint density at radius 1 is 1.32 bits per heavy atom. The molecule has 0 aliphatic rings. The maximum Gasteiger partial charge on any atom is 0.338 e. The summed E-state index contributed by atoms with van der Waals surface area (Å²) in [4.78, 5) is 34.9. The average molecular weight is 307 g/mol. The van der Waals surface area contributed by atoms with Crippen LogP contribution < -0.4 is 16.4 Å². The van der Waals surface area contributed by atoms with Crippen LogP contribution in [0.4, 0.5) is 5.69 Å². The van der Waals surface area contributed by atoms with Gasteiger partial charge in [-0.3, -0.25) is 9.59 Å². The molecular weight excluding hydrogens is 286 g/mol. The summed E-state index contributed by atoms with van der Waals surface area (Å²) in [5, 5.41) is 5.02. The number of nitrogens with two attached hydrogens (primary N) is 1. The lowest BCUT2D eigenvalue weighted by molar-refractivity contribution is -0.130. The molecule has 22 heavy (non-hydrogen) atoms. The number of nitrogens with one attached hydrogen (secondary N) is 2. The smallest absolute Gasteiger partial charge is 0.338 e. The van der Waals surface area contributed by atoms with E-state index in [1.807, 2.05) is 6.92 Å². The standard InChI is InChI=1S/C15H21N3O4/c1-4-17-14(20)10(3)18-13(19)8-22-15(21)11-6-5-9(2)12(16)7-11/h5-7,10H,4,8,16H2,1-3H3,(H,17,20)(H,18,19)/t10-/m1/s1. The van der Waals surface area contributed by atoms with Gasteiger partial charge in [-0.25, -0.2) is 4.79 Å². The first-order valence-corrected chi connectivity index (χ1v) is 6.95. The highest BCUT2D eigenvalue weighted by Gasteiger charge is 2.16. The maximum atomic E-state index is 11.8. The molecule has 0 bridgehead atoms. The zero-order chi connectivity index (χ0) is 16.7. The Labute approximate surface area is 129 Å². The van der Waals surface area contributed by atoms with Crippen molar-refractivity contribution in [3.05, 3.63) is 29.3 Å². The van der Waals surface area contributed by atoms with Crippen molar-refractivity contribution >= 4 is 23.5 Å². The normalized spacial score (nSPS) is 11.4. The van der Waals surface area contributed by atoms with Gasteiger partial charge in [-0.15, -0.1) is 0 Å². The number of likely N-dealkylation sites (N-methyl/N-ethyl adjacent to an activating group) is 1. The Bertz CT molecular complexity index is 572. The van der Waals surface area contributed by atoms with Crippen LogP contribution in [0.1, 0.15) is 29.8 Å². The Balaban J connectivity index is 2.48. The number of esters is 1. The van der Waals surface area contributed by atoms with E-state index in [9.17, 15) is 14.4 Å². The van der Waals surface area contributed by atoms with Crippen LogP contribution in [-0.2, 0) is 14.3 Å². The number of rotatable bonds is 6. The number of anilines is 1. The Morgan fingerprint density at radius 2 is 2.00 bits per heavy atom. The molecule has 0 saturated carbocycles. The number of hydrogen-bond donors (Lipinski definition) is 3. The number of benzene rings is 1. The fourth-order valence-corrected chi connectivity index (χ4v) is 1.66. The van der Waals surface area contributed by atoms with E-state index in [0.29, 0.717) is 12.2 Å². The Kier molecular flexibility index (Phi) is 6.37. The summed E-state index contributed by atoms with van der Waals surface area (Å²) in [6.45, 7) is 5.16. The van der Waals surface area contributed by atoms with Crippen molar-refractivity contribution in [1.82, 2.24) is 10.6 Å². The molecule has 0 spiro atoms. The van der Waals surface area contributed by atoms with Crippen LogP contribution in [-0.4, -0.2) is 37.0 Å². The maximum absolute atomic E-state index is 11.8. The van der Waals surface area contributed by atoms with Crippen LogP contribution in [0, 0.1) is 6.92 Å². The zero-order valence-electron chi connectivity index (χ0n) is 12.9. The Morgan fingerprint density at radius 3 is 2.59 bits per heavy atom. The minimum atomic E-state index is -0.693. The Hall–Kier alpha value is -2.57. The minimum absolute atomic E-state index is 0.271. The molecule has 2 amide bonds. The fourth-order valence-electron chi connectivity index (χ4n) is 1.66. The number of hydrogen-bond acceptors (Lipinski definition) is 5. The van der Waals surface area contributed by atoms with Crippen molar-refractivity contribution < 1.29 is 19.1 Å². The van der Waals surface area contributed by atoms with Crippen molar-refractivity contribution in [2.75, 3.05) is 18.9 Å². The van der Waals surface area contributed by atoms with Crippen molar-refractivity contribution in [3.63, 3.8) is 0 Å². The molecule has 120 valence electrons. The van der Waals surface area contributed by atoms with Gasteiger partial charge in [-0.1, -0.05) is 6.07 Å². The summed E-state index contributed by atoms with van der Waals surface area (Å²) in [7, 11) is 0. The summed E-state index contributed by atoms with van der Waals surface area (Å²) in [6, 6.07) is 4.07. The second-order valence-corrected chi connectivity index (χ2v) is 4.83. The number of aryl methyl sites for hydroxylation is 1. The van der Waals surface area contributed by atoms with Crippen LogP contribution in [0.2, 0.25) is 0 Å². The third-order valence-electron chi connectivity index (χ3n) is 2.97. The molecule has 1 atom stereocenters. The van der Waals surface area contributed by atoms with Gasteiger partial charge in [0.1, 0.15) is 6.04 Å². The van der Waals surface area contributed by atoms with E-state index in [0.717, 1.165) is 5.56 Å². The van der Waals surface area contributed by atoms with E-state index in [4.69, 9.17) is 10.5 Å². The molecular formula is C15H21N3O4. The molecule has 1 aromatic carbocycles. The van der Waals surface area contributed by atoms with Gasteiger partial charge in [0, 0.05) is 12.2 Å². The quantitative estimate of drug-likeness (QED) is 0.519. The van der Waals surface area contributed by atoms with Crippen molar-refractivity contribution in [2.24, 2.45) is 0 Å². The summed E-state index contributed by atoms with van der Waals surface area (Å²) in [5.74, 6) is -1.49. The number of carbonyl (C=O) groups is 3. The van der Waals surface area contributed by atoms with Crippen molar-refractivity contribution in [1.29, 1.82) is 0 Å². The number of amides is 2. The van der Waals surface area contributed by atoms with Gasteiger partial charge in [-0.05, 0) is 38.5 Å². The highest BCUT2D eigenvalue weighted by atomic mass is 16.5. The molecule has 0 aromatic heterocycles. The van der Waals surface area contributed by atoms with Gasteiger partial charge < -0.3 is 21.1 Å². The first kappa shape index (κ1) is 17.5. The molecule has 0 unspecified atom stereocenters. The number of nitrogen functional groups attached to an aromatic ring is 1. The summed E-state index contributed by atoms with van der Waals surface area (Å²) >= 11 is 0. The van der Waals surface area contributed by atoms with Gasteiger partial charge in [0.15, 0.2) is 6.61 Å². The van der Waals surface area contributed by atoms with Crippen LogP contribution in [0.5, 0.6) is 0 Å². The van der Waals surface area contributed by atoms with E-state index in [1.165, 1.54) is 6.07 Å². The molecule has 0 fully saturated rings. The lowest BCUT2D eigenvalue weighted by Gasteiger charge is -2.13. The van der Waals surface area contributed by atoms with Crippen molar-refractivity contribution in [2.45, 2.75) is 26.8 Å². The van der Waals surface area contributed by atoms with E-state index < -0.39 is 24.5 Å². The van der Waals surface area contributed by atoms with Crippen LogP contribution >= 0.6 is 0 Å². The van der Waals surface area contributed by atoms with E-state index in [-0.39, 0.29) is 11.5 Å². The molecule has 0 heterocycles. The molecule has 1 aromatic rings. The predicted molar refractivity (Wildman–Crippen MR) is 82.2 cm³/mol. The lowest BCUT2D eigenvalue weighted by atomic mass is 10.1. The summed E-state index contributed by atoms with van der Waals surface area (Å²) in [5.41, 5.74) is 7.31. The van der Waals surface area contributed by atoms with Gasteiger partial charge in [0.25, 0.3) is 5.91 Å². The van der Waals surface area contributed by atoms with Crippen LogP contribution in [0.3, 0.4) is 0 Å². The molecule has 0 radical (unpaired) electrons. The van der Waals surface area contributed by atoms with E-state index in [2.05, 4.69) is 10.6 Å². The average Bonchev–Trinajstić information content (AvgIpc) is 2.47. The van der Waals surface area contributed by atoms with Gasteiger partial charge in [0.2, 0.25) is 5.91 Å². The van der Waals surface area contributed by atoms with E-state index >= 15 is 0 Å². The molecule has 0 aliphatic heterocycles. The fraction of sp³-hybridized carbons (Fsp3) is 0.400. The predicted octanol–water partition coefficient (Wildman–Crippen LogP) is 0.375. The number of ether oxygens (including phenoxy) is 1. The first-order valence-electron chi connectivity index (χ1n) is 6.95. The van der Waals surface area contributed by atoms with Gasteiger partial charge >= 0.3 is 5.97 Å².